The van der Waals surface area contributed by atoms with Crippen LogP contribution < -0.4 is 4.90 Å². The minimum atomic E-state index is -3.50. The SMILES string of the molecule is O=C(CCn1nnc2cc(S(=O)(=O)N3CCCC3)ccc21)N1CCN(c2ncccn2)CC1. The number of aromatic nitrogens is 5. The quantitative estimate of drug-likeness (QED) is 0.518. The van der Waals surface area contributed by atoms with Crippen LogP contribution in [0.15, 0.2) is 41.6 Å². The Morgan fingerprint density at radius 2 is 1.70 bits per heavy atom. The fourth-order valence-corrected chi connectivity index (χ4v) is 5.86. The molecule has 12 heteroatoms. The van der Waals surface area contributed by atoms with Crippen LogP contribution in [-0.2, 0) is 21.4 Å². The van der Waals surface area contributed by atoms with Gasteiger partial charge in [0.05, 0.1) is 17.0 Å². The third-order valence-electron chi connectivity index (χ3n) is 6.19. The summed E-state index contributed by atoms with van der Waals surface area (Å²) in [4.78, 5) is 25.4. The Morgan fingerprint density at radius 3 is 2.42 bits per heavy atom. The van der Waals surface area contributed by atoms with Crippen molar-refractivity contribution in [1.29, 1.82) is 0 Å². The molecule has 1 aromatic carbocycles. The minimum absolute atomic E-state index is 0.0560. The van der Waals surface area contributed by atoms with Gasteiger partial charge in [0, 0.05) is 58.1 Å². The molecule has 2 aromatic heterocycles. The first-order chi connectivity index (χ1) is 16.0. The van der Waals surface area contributed by atoms with E-state index in [0.29, 0.717) is 69.2 Å². The molecule has 0 atom stereocenters. The van der Waals surface area contributed by atoms with E-state index < -0.39 is 10.0 Å². The number of carbonyl (C=O) groups is 1. The van der Waals surface area contributed by atoms with Gasteiger partial charge >= 0.3 is 0 Å². The van der Waals surface area contributed by atoms with Gasteiger partial charge in [-0.3, -0.25) is 4.79 Å². The van der Waals surface area contributed by atoms with Crippen LogP contribution in [0.2, 0.25) is 0 Å². The monoisotopic (exact) mass is 470 g/mol. The fraction of sp³-hybridized carbons (Fsp3) is 0.476. The van der Waals surface area contributed by atoms with E-state index in [1.54, 1.807) is 41.3 Å². The summed E-state index contributed by atoms with van der Waals surface area (Å²) in [5, 5.41) is 8.29. The zero-order valence-corrected chi connectivity index (χ0v) is 19.1. The second-order valence-electron chi connectivity index (χ2n) is 8.24. The maximum absolute atomic E-state index is 12.8. The van der Waals surface area contributed by atoms with Crippen LogP contribution in [0.1, 0.15) is 19.3 Å². The van der Waals surface area contributed by atoms with Crippen molar-refractivity contribution in [2.24, 2.45) is 0 Å². The Labute approximate surface area is 192 Å². The summed E-state index contributed by atoms with van der Waals surface area (Å²) in [6, 6.07) is 6.67. The maximum Gasteiger partial charge on any atom is 0.243 e. The van der Waals surface area contributed by atoms with Crippen LogP contribution in [0.3, 0.4) is 0 Å². The van der Waals surface area contributed by atoms with E-state index in [0.717, 1.165) is 12.8 Å². The lowest BCUT2D eigenvalue weighted by atomic mass is 10.2. The smallest absolute Gasteiger partial charge is 0.243 e. The van der Waals surface area contributed by atoms with E-state index in [9.17, 15) is 13.2 Å². The number of nitrogens with zero attached hydrogens (tertiary/aromatic N) is 8. The molecule has 2 saturated heterocycles. The standard InChI is InChI=1S/C21H26N8O3S/c30-20(26-12-14-27(15-13-26)21-22-7-3-8-23-21)6-11-29-19-5-4-17(16-18(19)24-25-29)33(31,32)28-9-1-2-10-28/h3-5,7-8,16H,1-2,6,9-15H2. The van der Waals surface area contributed by atoms with Crippen molar-refractivity contribution in [2.45, 2.75) is 30.7 Å². The first kappa shape index (κ1) is 21.7. The van der Waals surface area contributed by atoms with Crippen molar-refractivity contribution in [1.82, 2.24) is 34.2 Å². The van der Waals surface area contributed by atoms with Gasteiger partial charge in [0.15, 0.2) is 0 Å². The second kappa shape index (κ2) is 9.02. The Balaban J connectivity index is 1.20. The van der Waals surface area contributed by atoms with Crippen LogP contribution in [0.4, 0.5) is 5.95 Å². The van der Waals surface area contributed by atoms with Gasteiger partial charge in [-0.1, -0.05) is 5.21 Å². The van der Waals surface area contributed by atoms with Crippen molar-refractivity contribution in [3.63, 3.8) is 0 Å². The summed E-state index contributed by atoms with van der Waals surface area (Å²) in [6.07, 6.45) is 5.51. The van der Waals surface area contributed by atoms with Crippen LogP contribution in [0.25, 0.3) is 11.0 Å². The number of benzene rings is 1. The number of rotatable bonds is 6. The zero-order valence-electron chi connectivity index (χ0n) is 18.2. The van der Waals surface area contributed by atoms with Crippen molar-refractivity contribution >= 4 is 32.9 Å². The van der Waals surface area contributed by atoms with Gasteiger partial charge in [0.25, 0.3) is 0 Å². The number of amides is 1. The van der Waals surface area contributed by atoms with E-state index in [1.165, 1.54) is 4.31 Å². The maximum atomic E-state index is 12.8. The summed E-state index contributed by atoms with van der Waals surface area (Å²) < 4.78 is 28.8. The molecule has 0 bridgehead atoms. The van der Waals surface area contributed by atoms with Crippen molar-refractivity contribution in [2.75, 3.05) is 44.2 Å². The van der Waals surface area contributed by atoms with Gasteiger partial charge in [-0.2, -0.15) is 4.31 Å². The first-order valence-electron chi connectivity index (χ1n) is 11.2. The number of carbonyl (C=O) groups excluding carboxylic acids is 1. The number of aryl methyl sites for hydroxylation is 1. The summed E-state index contributed by atoms with van der Waals surface area (Å²) >= 11 is 0. The van der Waals surface area contributed by atoms with E-state index in [-0.39, 0.29) is 10.8 Å². The first-order valence-corrected chi connectivity index (χ1v) is 12.6. The van der Waals surface area contributed by atoms with Crippen molar-refractivity contribution < 1.29 is 13.2 Å². The highest BCUT2D eigenvalue weighted by atomic mass is 32.2. The van der Waals surface area contributed by atoms with Gasteiger partial charge in [-0.15, -0.1) is 5.10 Å². The molecule has 3 aromatic rings. The van der Waals surface area contributed by atoms with E-state index in [4.69, 9.17) is 0 Å². The lowest BCUT2D eigenvalue weighted by molar-refractivity contribution is -0.131. The predicted molar refractivity (Wildman–Crippen MR) is 121 cm³/mol. The molecule has 2 aliphatic rings. The average Bonchev–Trinajstić information content (AvgIpc) is 3.54. The minimum Gasteiger partial charge on any atom is -0.339 e. The third-order valence-corrected chi connectivity index (χ3v) is 8.09. The normalized spacial score (nSPS) is 17.7. The summed E-state index contributed by atoms with van der Waals surface area (Å²) in [6.45, 7) is 4.12. The number of hydrogen-bond acceptors (Lipinski definition) is 8. The molecule has 33 heavy (non-hydrogen) atoms. The Hall–Kier alpha value is -3.12. The Kier molecular flexibility index (Phi) is 5.94. The fourth-order valence-electron chi connectivity index (χ4n) is 4.33. The molecule has 0 unspecified atom stereocenters. The zero-order chi connectivity index (χ0) is 22.8. The van der Waals surface area contributed by atoms with E-state index >= 15 is 0 Å². The lowest BCUT2D eigenvalue weighted by Crippen LogP contribution is -2.49. The average molecular weight is 471 g/mol. The number of piperazine rings is 1. The van der Waals surface area contributed by atoms with E-state index in [2.05, 4.69) is 25.2 Å². The highest BCUT2D eigenvalue weighted by molar-refractivity contribution is 7.89. The van der Waals surface area contributed by atoms with Gasteiger partial charge in [-0.05, 0) is 37.1 Å². The highest BCUT2D eigenvalue weighted by Crippen LogP contribution is 2.24. The Bertz CT molecular complexity index is 1230. The highest BCUT2D eigenvalue weighted by Gasteiger charge is 2.28. The molecule has 0 radical (unpaired) electrons. The number of hydrogen-bond donors (Lipinski definition) is 0. The molecule has 0 spiro atoms. The second-order valence-corrected chi connectivity index (χ2v) is 10.2. The largest absolute Gasteiger partial charge is 0.339 e. The predicted octanol–water partition coefficient (Wildman–Crippen LogP) is 0.745. The molecule has 4 heterocycles. The molecule has 1 amide bonds. The van der Waals surface area contributed by atoms with Crippen LogP contribution in [0.5, 0.6) is 0 Å². The van der Waals surface area contributed by atoms with Crippen LogP contribution in [0, 0.1) is 0 Å². The number of anilines is 1. The van der Waals surface area contributed by atoms with Gasteiger partial charge in [0.2, 0.25) is 21.9 Å². The summed E-state index contributed by atoms with van der Waals surface area (Å²) in [5.74, 6) is 0.741. The van der Waals surface area contributed by atoms with E-state index in [1.807, 2.05) is 4.90 Å². The topological polar surface area (TPSA) is 117 Å². The lowest BCUT2D eigenvalue weighted by Gasteiger charge is -2.34. The molecule has 2 fully saturated rings. The Morgan fingerprint density at radius 1 is 0.970 bits per heavy atom. The van der Waals surface area contributed by atoms with Crippen molar-refractivity contribution in [3.05, 3.63) is 36.7 Å². The molecular formula is C21H26N8O3S. The molecule has 0 aliphatic carbocycles. The van der Waals surface area contributed by atoms with Crippen LogP contribution >= 0.6 is 0 Å². The van der Waals surface area contributed by atoms with Crippen molar-refractivity contribution in [3.8, 4) is 0 Å². The summed E-state index contributed by atoms with van der Waals surface area (Å²) in [7, 11) is -3.50. The molecule has 2 aliphatic heterocycles. The van der Waals surface area contributed by atoms with Gasteiger partial charge in [0.1, 0.15) is 5.52 Å². The van der Waals surface area contributed by atoms with Gasteiger partial charge in [-0.25, -0.2) is 23.1 Å². The molecule has 5 rings (SSSR count). The van der Waals surface area contributed by atoms with Crippen LogP contribution in [-0.4, -0.2) is 87.8 Å². The molecule has 0 N–H and O–H groups in total. The number of sulfonamides is 1. The molecular weight excluding hydrogens is 444 g/mol. The molecule has 11 nitrogen and oxygen atoms in total. The summed E-state index contributed by atoms with van der Waals surface area (Å²) in [5.41, 5.74) is 1.23. The third kappa shape index (κ3) is 4.40. The molecule has 174 valence electrons. The van der Waals surface area contributed by atoms with Gasteiger partial charge < -0.3 is 9.80 Å². The molecule has 0 saturated carbocycles. The number of fused-ring (bicyclic) bond motifs is 1.